The summed E-state index contributed by atoms with van der Waals surface area (Å²) in [5, 5.41) is 2.80. The van der Waals surface area contributed by atoms with Crippen LogP contribution in [0.15, 0.2) is 42.5 Å². The van der Waals surface area contributed by atoms with E-state index in [4.69, 9.17) is 5.73 Å². The lowest BCUT2D eigenvalue weighted by molar-refractivity contribution is -0.115. The van der Waals surface area contributed by atoms with Crippen molar-refractivity contribution in [3.05, 3.63) is 57.4 Å². The molecule has 0 aliphatic carbocycles. The highest BCUT2D eigenvalue weighted by molar-refractivity contribution is 14.1. The number of nitrogen functional groups attached to an aromatic ring is 1. The molecule has 5 heteroatoms. The Morgan fingerprint density at radius 3 is 2.53 bits per heavy atom. The Kier molecular flexibility index (Phi) is 4.36. The van der Waals surface area contributed by atoms with Gasteiger partial charge in [-0.15, -0.1) is 0 Å². The predicted molar refractivity (Wildman–Crippen MR) is 82.3 cm³/mol. The van der Waals surface area contributed by atoms with Gasteiger partial charge in [-0.3, -0.25) is 4.79 Å². The number of hydrogen-bond donors (Lipinski definition) is 2. The monoisotopic (exact) mass is 370 g/mol. The number of carbonyl (C=O) groups excluding carboxylic acids is 1. The first-order valence-electron chi connectivity index (χ1n) is 5.64. The van der Waals surface area contributed by atoms with Crippen LogP contribution in [0, 0.1) is 9.39 Å². The third kappa shape index (κ3) is 3.92. The van der Waals surface area contributed by atoms with Crippen LogP contribution < -0.4 is 11.1 Å². The Morgan fingerprint density at radius 1 is 1.21 bits per heavy atom. The number of rotatable bonds is 3. The van der Waals surface area contributed by atoms with E-state index >= 15 is 0 Å². The number of anilines is 2. The molecule has 0 atom stereocenters. The zero-order valence-corrected chi connectivity index (χ0v) is 12.1. The Morgan fingerprint density at radius 2 is 1.89 bits per heavy atom. The maximum absolute atomic E-state index is 12.7. The molecule has 0 aliphatic rings. The Bertz CT molecular complexity index is 599. The van der Waals surface area contributed by atoms with Gasteiger partial charge >= 0.3 is 0 Å². The first-order valence-corrected chi connectivity index (χ1v) is 6.72. The normalized spacial score (nSPS) is 10.2. The standard InChI is InChI=1S/C14H12FIN2O/c15-10-3-1-9(2-4-10)7-14(19)18-13-6-5-11(17)8-12(13)16/h1-6,8H,7,17H2,(H,18,19). The number of nitrogens with two attached hydrogens (primary N) is 1. The highest BCUT2D eigenvalue weighted by Crippen LogP contribution is 2.20. The molecule has 0 aliphatic heterocycles. The van der Waals surface area contributed by atoms with Crippen LogP contribution in [-0.4, -0.2) is 5.91 Å². The molecule has 0 fully saturated rings. The van der Waals surface area contributed by atoms with E-state index in [9.17, 15) is 9.18 Å². The number of hydrogen-bond acceptors (Lipinski definition) is 2. The molecule has 0 aromatic heterocycles. The number of benzene rings is 2. The van der Waals surface area contributed by atoms with Crippen molar-refractivity contribution >= 4 is 39.9 Å². The van der Waals surface area contributed by atoms with Gasteiger partial charge in [-0.25, -0.2) is 4.39 Å². The van der Waals surface area contributed by atoms with E-state index in [-0.39, 0.29) is 18.1 Å². The highest BCUT2D eigenvalue weighted by Gasteiger charge is 2.07. The predicted octanol–water partition coefficient (Wildman–Crippen LogP) is 3.19. The summed E-state index contributed by atoms with van der Waals surface area (Å²) in [4.78, 5) is 11.9. The topological polar surface area (TPSA) is 55.1 Å². The zero-order valence-electron chi connectivity index (χ0n) is 9.99. The SMILES string of the molecule is Nc1ccc(NC(=O)Cc2ccc(F)cc2)c(I)c1. The lowest BCUT2D eigenvalue weighted by atomic mass is 10.1. The molecule has 0 unspecified atom stereocenters. The minimum absolute atomic E-state index is 0.144. The molecule has 0 radical (unpaired) electrons. The average molecular weight is 370 g/mol. The molecule has 0 spiro atoms. The molecule has 1 amide bonds. The third-order valence-electron chi connectivity index (χ3n) is 2.55. The van der Waals surface area contributed by atoms with Crippen LogP contribution in [0.3, 0.4) is 0 Å². The van der Waals surface area contributed by atoms with Crippen molar-refractivity contribution in [2.24, 2.45) is 0 Å². The first kappa shape index (κ1) is 13.8. The largest absolute Gasteiger partial charge is 0.399 e. The lowest BCUT2D eigenvalue weighted by Gasteiger charge is -2.08. The molecule has 0 saturated heterocycles. The summed E-state index contributed by atoms with van der Waals surface area (Å²) in [5.41, 5.74) is 7.79. The molecule has 3 nitrogen and oxygen atoms in total. The molecule has 98 valence electrons. The van der Waals surface area contributed by atoms with Crippen molar-refractivity contribution in [1.29, 1.82) is 0 Å². The van der Waals surface area contributed by atoms with E-state index in [1.54, 1.807) is 30.3 Å². The molecule has 0 saturated carbocycles. The van der Waals surface area contributed by atoms with E-state index in [0.717, 1.165) is 14.8 Å². The quantitative estimate of drug-likeness (QED) is 0.644. The van der Waals surface area contributed by atoms with Gasteiger partial charge < -0.3 is 11.1 Å². The minimum Gasteiger partial charge on any atom is -0.399 e. The van der Waals surface area contributed by atoms with Gasteiger partial charge in [0.05, 0.1) is 12.1 Å². The summed E-state index contributed by atoms with van der Waals surface area (Å²) < 4.78 is 13.6. The van der Waals surface area contributed by atoms with Gasteiger partial charge in [0.25, 0.3) is 0 Å². The summed E-state index contributed by atoms with van der Waals surface area (Å²) in [6.07, 6.45) is 0.209. The van der Waals surface area contributed by atoms with Crippen molar-refractivity contribution < 1.29 is 9.18 Å². The highest BCUT2D eigenvalue weighted by atomic mass is 127. The van der Waals surface area contributed by atoms with Crippen molar-refractivity contribution in [2.45, 2.75) is 6.42 Å². The first-order chi connectivity index (χ1) is 9.04. The maximum Gasteiger partial charge on any atom is 0.228 e. The van der Waals surface area contributed by atoms with Crippen LogP contribution >= 0.6 is 22.6 Å². The minimum atomic E-state index is -0.308. The zero-order chi connectivity index (χ0) is 13.8. The Hall–Kier alpha value is -1.63. The van der Waals surface area contributed by atoms with E-state index in [2.05, 4.69) is 27.9 Å². The van der Waals surface area contributed by atoms with E-state index in [0.29, 0.717) is 5.69 Å². The molecule has 3 N–H and O–H groups in total. The van der Waals surface area contributed by atoms with E-state index in [1.807, 2.05) is 0 Å². The number of amides is 1. The number of nitrogens with one attached hydrogen (secondary N) is 1. The summed E-state index contributed by atoms with van der Waals surface area (Å²) in [6.45, 7) is 0. The average Bonchev–Trinajstić information content (AvgIpc) is 2.36. The van der Waals surface area contributed by atoms with Crippen LogP contribution in [0.1, 0.15) is 5.56 Å². The maximum atomic E-state index is 12.7. The fraction of sp³-hybridized carbons (Fsp3) is 0.0714. The summed E-state index contributed by atoms with van der Waals surface area (Å²) in [7, 11) is 0. The van der Waals surface area contributed by atoms with Crippen LogP contribution in [0.4, 0.5) is 15.8 Å². The lowest BCUT2D eigenvalue weighted by Crippen LogP contribution is -2.15. The van der Waals surface area contributed by atoms with Crippen molar-refractivity contribution in [3.63, 3.8) is 0 Å². The van der Waals surface area contributed by atoms with Crippen molar-refractivity contribution in [1.82, 2.24) is 0 Å². The molecular formula is C14H12FIN2O. The van der Waals surface area contributed by atoms with E-state index in [1.165, 1.54) is 12.1 Å². The second-order valence-corrected chi connectivity index (χ2v) is 5.25. The van der Waals surface area contributed by atoms with Gasteiger partial charge in [0.2, 0.25) is 5.91 Å². The van der Waals surface area contributed by atoms with Gasteiger partial charge in [-0.1, -0.05) is 12.1 Å². The Balaban J connectivity index is 2.03. The molecule has 0 heterocycles. The fourth-order valence-electron chi connectivity index (χ4n) is 1.61. The van der Waals surface area contributed by atoms with Gasteiger partial charge in [0.15, 0.2) is 0 Å². The van der Waals surface area contributed by atoms with E-state index < -0.39 is 0 Å². The van der Waals surface area contributed by atoms with Crippen LogP contribution in [0.5, 0.6) is 0 Å². The number of carbonyl (C=O) groups is 1. The second-order valence-electron chi connectivity index (χ2n) is 4.09. The van der Waals surface area contributed by atoms with Crippen LogP contribution in [-0.2, 0) is 11.2 Å². The molecular weight excluding hydrogens is 358 g/mol. The Labute approximate surface area is 124 Å². The molecule has 19 heavy (non-hydrogen) atoms. The van der Waals surface area contributed by atoms with Gasteiger partial charge in [-0.05, 0) is 58.5 Å². The summed E-state index contributed by atoms with van der Waals surface area (Å²) in [6, 6.07) is 11.2. The molecule has 2 aromatic rings. The molecule has 2 aromatic carbocycles. The fourth-order valence-corrected chi connectivity index (χ4v) is 2.29. The van der Waals surface area contributed by atoms with Gasteiger partial charge in [-0.2, -0.15) is 0 Å². The smallest absolute Gasteiger partial charge is 0.228 e. The van der Waals surface area contributed by atoms with Crippen LogP contribution in [0.2, 0.25) is 0 Å². The third-order valence-corrected chi connectivity index (χ3v) is 3.44. The molecule has 0 bridgehead atoms. The number of halogens is 2. The van der Waals surface area contributed by atoms with Gasteiger partial charge in [0.1, 0.15) is 5.82 Å². The van der Waals surface area contributed by atoms with Crippen molar-refractivity contribution in [2.75, 3.05) is 11.1 Å². The molecule has 2 rings (SSSR count). The second kappa shape index (κ2) is 6.01. The van der Waals surface area contributed by atoms with Crippen molar-refractivity contribution in [3.8, 4) is 0 Å². The van der Waals surface area contributed by atoms with Gasteiger partial charge in [0, 0.05) is 9.26 Å². The summed E-state index contributed by atoms with van der Waals surface area (Å²) >= 11 is 2.11. The van der Waals surface area contributed by atoms with Crippen LogP contribution in [0.25, 0.3) is 0 Å². The summed E-state index contributed by atoms with van der Waals surface area (Å²) in [5.74, 6) is -0.452.